The Labute approximate surface area is 160 Å². The minimum absolute atomic E-state index is 0. The van der Waals surface area contributed by atoms with Crippen LogP contribution in [-0.4, -0.2) is 31.5 Å². The van der Waals surface area contributed by atoms with Crippen LogP contribution in [0.1, 0.15) is 39.5 Å². The van der Waals surface area contributed by atoms with Gasteiger partial charge in [0.2, 0.25) is 5.91 Å². The highest BCUT2D eigenvalue weighted by Crippen LogP contribution is 2.07. The van der Waals surface area contributed by atoms with E-state index in [1.807, 2.05) is 0 Å². The van der Waals surface area contributed by atoms with Crippen LogP contribution >= 0.6 is 24.0 Å². The zero-order valence-corrected chi connectivity index (χ0v) is 16.9. The molecular weight excluding hydrogens is 422 g/mol. The van der Waals surface area contributed by atoms with Gasteiger partial charge in [-0.3, -0.25) is 9.79 Å². The molecule has 0 aromatic heterocycles. The number of halogens is 2. The zero-order chi connectivity index (χ0) is 17.1. The number of carbonyl (C=O) groups excluding carboxylic acids is 1. The molecule has 0 spiro atoms. The van der Waals surface area contributed by atoms with E-state index in [0.29, 0.717) is 17.7 Å². The van der Waals surface area contributed by atoms with Gasteiger partial charge in [0.15, 0.2) is 5.96 Å². The fourth-order valence-corrected chi connectivity index (χ4v) is 2.10. The lowest BCUT2D eigenvalue weighted by Crippen LogP contribution is -2.44. The van der Waals surface area contributed by atoms with Crippen molar-refractivity contribution >= 4 is 41.5 Å². The van der Waals surface area contributed by atoms with Gasteiger partial charge in [-0.15, -0.1) is 24.0 Å². The van der Waals surface area contributed by atoms with Crippen molar-refractivity contribution < 1.29 is 9.18 Å². The van der Waals surface area contributed by atoms with Gasteiger partial charge in [-0.1, -0.05) is 26.2 Å². The Morgan fingerprint density at radius 2 is 1.92 bits per heavy atom. The molecular formula is C17H28FIN4O. The molecule has 0 fully saturated rings. The van der Waals surface area contributed by atoms with Crippen LogP contribution in [0.2, 0.25) is 0 Å². The molecule has 0 heterocycles. The van der Waals surface area contributed by atoms with E-state index in [1.165, 1.54) is 43.5 Å². The van der Waals surface area contributed by atoms with Crippen molar-refractivity contribution in [1.29, 1.82) is 0 Å². The maximum Gasteiger partial charge on any atom is 0.243 e. The van der Waals surface area contributed by atoms with Crippen LogP contribution in [0.15, 0.2) is 29.3 Å². The van der Waals surface area contributed by atoms with Gasteiger partial charge in [0, 0.05) is 18.8 Å². The molecule has 1 amide bonds. The largest absolute Gasteiger partial charge is 0.354 e. The summed E-state index contributed by atoms with van der Waals surface area (Å²) in [5, 5.41) is 8.93. The minimum Gasteiger partial charge on any atom is -0.354 e. The van der Waals surface area contributed by atoms with Crippen molar-refractivity contribution in [1.82, 2.24) is 10.6 Å². The maximum atomic E-state index is 12.8. The van der Waals surface area contributed by atoms with E-state index in [2.05, 4.69) is 34.8 Å². The Morgan fingerprint density at radius 3 is 2.50 bits per heavy atom. The third-order valence-corrected chi connectivity index (χ3v) is 3.39. The molecule has 5 nitrogen and oxygen atoms in total. The Balaban J connectivity index is 0.00000529. The molecule has 1 aromatic carbocycles. The molecule has 0 aliphatic heterocycles. The molecule has 3 N–H and O–H groups in total. The molecule has 0 aliphatic rings. The highest BCUT2D eigenvalue weighted by molar-refractivity contribution is 14.0. The molecule has 24 heavy (non-hydrogen) atoms. The number of hydrogen-bond acceptors (Lipinski definition) is 2. The summed E-state index contributed by atoms with van der Waals surface area (Å²) in [6.45, 7) is 4.37. The second kappa shape index (κ2) is 13.0. The summed E-state index contributed by atoms with van der Waals surface area (Å²) in [6, 6.07) is 5.96. The first kappa shape index (κ1) is 22.6. The molecule has 0 aliphatic carbocycles. The standard InChI is InChI=1S/C17H27FN4O.HI/c1-4-5-6-7-13(2)21-17(19-3)20-12-16(23)22-15-10-8-14(18)9-11-15;/h8-11,13H,4-7,12H2,1-3H3,(H,22,23)(H2,19,20,21);1H. The number of unbranched alkanes of at least 4 members (excludes halogenated alkanes) is 2. The van der Waals surface area contributed by atoms with Crippen LogP contribution in [0.5, 0.6) is 0 Å². The Morgan fingerprint density at radius 1 is 1.25 bits per heavy atom. The fourth-order valence-electron chi connectivity index (χ4n) is 2.10. The van der Waals surface area contributed by atoms with E-state index in [1.54, 1.807) is 7.05 Å². The third kappa shape index (κ3) is 9.69. The lowest BCUT2D eigenvalue weighted by molar-refractivity contribution is -0.115. The maximum absolute atomic E-state index is 12.8. The highest BCUT2D eigenvalue weighted by Gasteiger charge is 2.07. The van der Waals surface area contributed by atoms with Gasteiger partial charge in [0.25, 0.3) is 0 Å². The lowest BCUT2D eigenvalue weighted by atomic mass is 10.1. The summed E-state index contributed by atoms with van der Waals surface area (Å²) in [6.07, 6.45) is 4.66. The Kier molecular flexibility index (Phi) is 12.2. The molecule has 0 radical (unpaired) electrons. The smallest absolute Gasteiger partial charge is 0.243 e. The van der Waals surface area contributed by atoms with E-state index in [0.717, 1.165) is 6.42 Å². The van der Waals surface area contributed by atoms with E-state index in [-0.39, 0.29) is 42.2 Å². The molecule has 7 heteroatoms. The van der Waals surface area contributed by atoms with E-state index in [4.69, 9.17) is 0 Å². The Hall–Kier alpha value is -1.38. The second-order valence-electron chi connectivity index (χ2n) is 5.52. The van der Waals surface area contributed by atoms with Gasteiger partial charge in [-0.25, -0.2) is 4.39 Å². The van der Waals surface area contributed by atoms with Crippen LogP contribution in [0.3, 0.4) is 0 Å². The van der Waals surface area contributed by atoms with Crippen molar-refractivity contribution in [3.8, 4) is 0 Å². The van der Waals surface area contributed by atoms with Gasteiger partial charge in [-0.2, -0.15) is 0 Å². The average molecular weight is 450 g/mol. The quantitative estimate of drug-likeness (QED) is 0.246. The van der Waals surface area contributed by atoms with Crippen molar-refractivity contribution in [2.75, 3.05) is 18.9 Å². The monoisotopic (exact) mass is 450 g/mol. The number of anilines is 1. The number of guanidine groups is 1. The predicted molar refractivity (Wildman–Crippen MR) is 109 cm³/mol. The number of rotatable bonds is 8. The lowest BCUT2D eigenvalue weighted by Gasteiger charge is -2.17. The second-order valence-corrected chi connectivity index (χ2v) is 5.52. The summed E-state index contributed by atoms with van der Waals surface area (Å²) in [5.74, 6) is 0.0595. The number of nitrogens with zero attached hydrogens (tertiary/aromatic N) is 1. The number of amides is 1. The number of benzene rings is 1. The number of hydrogen-bond donors (Lipinski definition) is 3. The van der Waals surface area contributed by atoms with Crippen LogP contribution in [-0.2, 0) is 4.79 Å². The first-order chi connectivity index (χ1) is 11.0. The van der Waals surface area contributed by atoms with Crippen molar-refractivity contribution in [3.63, 3.8) is 0 Å². The summed E-state index contributed by atoms with van der Waals surface area (Å²) < 4.78 is 12.8. The third-order valence-electron chi connectivity index (χ3n) is 3.39. The summed E-state index contributed by atoms with van der Waals surface area (Å²) in [5.41, 5.74) is 0.564. The van der Waals surface area contributed by atoms with E-state index in [9.17, 15) is 9.18 Å². The molecule has 0 saturated heterocycles. The van der Waals surface area contributed by atoms with Crippen molar-refractivity contribution in [2.24, 2.45) is 4.99 Å². The first-order valence-electron chi connectivity index (χ1n) is 8.07. The molecule has 136 valence electrons. The molecule has 1 rings (SSSR count). The molecule has 1 atom stereocenters. The summed E-state index contributed by atoms with van der Waals surface area (Å²) in [7, 11) is 1.67. The van der Waals surface area contributed by atoms with Gasteiger partial charge in [0.1, 0.15) is 5.82 Å². The van der Waals surface area contributed by atoms with Crippen molar-refractivity contribution in [3.05, 3.63) is 30.1 Å². The number of nitrogens with one attached hydrogen (secondary N) is 3. The van der Waals surface area contributed by atoms with Crippen LogP contribution in [0.25, 0.3) is 0 Å². The van der Waals surface area contributed by atoms with Crippen LogP contribution in [0, 0.1) is 5.82 Å². The number of carbonyl (C=O) groups is 1. The molecule has 0 bridgehead atoms. The van der Waals surface area contributed by atoms with Gasteiger partial charge in [0.05, 0.1) is 6.54 Å². The summed E-state index contributed by atoms with van der Waals surface area (Å²) in [4.78, 5) is 16.0. The topological polar surface area (TPSA) is 65.5 Å². The van der Waals surface area contributed by atoms with Crippen molar-refractivity contribution in [2.45, 2.75) is 45.6 Å². The molecule has 0 saturated carbocycles. The summed E-state index contributed by atoms with van der Waals surface area (Å²) >= 11 is 0. The average Bonchev–Trinajstić information content (AvgIpc) is 2.54. The number of aliphatic imine (C=N–C) groups is 1. The van der Waals surface area contributed by atoms with E-state index >= 15 is 0 Å². The Bertz CT molecular complexity index is 508. The van der Waals surface area contributed by atoms with Gasteiger partial charge in [-0.05, 0) is 37.6 Å². The highest BCUT2D eigenvalue weighted by atomic mass is 127. The van der Waals surface area contributed by atoms with Crippen LogP contribution < -0.4 is 16.0 Å². The molecule has 1 unspecified atom stereocenters. The predicted octanol–water partition coefficient (Wildman–Crippen LogP) is 3.52. The minimum atomic E-state index is -0.331. The first-order valence-corrected chi connectivity index (χ1v) is 8.07. The SMILES string of the molecule is CCCCCC(C)NC(=NC)NCC(=O)Nc1ccc(F)cc1.I. The zero-order valence-electron chi connectivity index (χ0n) is 14.6. The van der Waals surface area contributed by atoms with Gasteiger partial charge < -0.3 is 16.0 Å². The molecule has 1 aromatic rings. The fraction of sp³-hybridized carbons (Fsp3) is 0.529. The van der Waals surface area contributed by atoms with Gasteiger partial charge >= 0.3 is 0 Å². The normalized spacial score (nSPS) is 12.1. The van der Waals surface area contributed by atoms with Crippen LogP contribution in [0.4, 0.5) is 10.1 Å². The van der Waals surface area contributed by atoms with E-state index < -0.39 is 0 Å².